The summed E-state index contributed by atoms with van der Waals surface area (Å²) in [6.07, 6.45) is 0. The van der Waals surface area contributed by atoms with Crippen LogP contribution in [0.3, 0.4) is 0 Å². The van der Waals surface area contributed by atoms with E-state index < -0.39 is 0 Å². The van der Waals surface area contributed by atoms with Gasteiger partial charge < -0.3 is 4.90 Å². The van der Waals surface area contributed by atoms with Gasteiger partial charge in [-0.3, -0.25) is 0 Å². The molecule has 0 spiro atoms. The highest BCUT2D eigenvalue weighted by Gasteiger charge is 2.09. The first kappa shape index (κ1) is 13.3. The normalized spacial score (nSPS) is 10.9. The maximum absolute atomic E-state index is 5.92. The molecule has 1 heterocycles. The molecule has 0 bridgehead atoms. The van der Waals surface area contributed by atoms with Gasteiger partial charge in [-0.1, -0.05) is 13.8 Å². The third-order valence-electron chi connectivity index (χ3n) is 2.72. The smallest absolute Gasteiger partial charge is 0.129 e. The lowest BCUT2D eigenvalue weighted by molar-refractivity contribution is 0.791. The van der Waals surface area contributed by atoms with E-state index in [9.17, 15) is 0 Å². The molecule has 1 rings (SSSR count). The maximum Gasteiger partial charge on any atom is 0.129 e. The minimum atomic E-state index is 0.442. The standard InChI is InChI=1S/C13H21ClN2/c1-5-16(6-2)13-8-11(9-14)7-12(15-13)10(3)4/h7-8,10H,5-6,9H2,1-4H3. The number of alkyl halides is 1. The molecular formula is C13H21ClN2. The van der Waals surface area contributed by atoms with Crippen molar-refractivity contribution in [3.63, 3.8) is 0 Å². The van der Waals surface area contributed by atoms with Crippen LogP contribution in [-0.4, -0.2) is 18.1 Å². The van der Waals surface area contributed by atoms with Crippen molar-refractivity contribution in [2.24, 2.45) is 0 Å². The third-order valence-corrected chi connectivity index (χ3v) is 3.03. The Morgan fingerprint density at radius 2 is 1.88 bits per heavy atom. The van der Waals surface area contributed by atoms with E-state index in [1.165, 1.54) is 0 Å². The van der Waals surface area contributed by atoms with Gasteiger partial charge in [0.1, 0.15) is 5.82 Å². The Morgan fingerprint density at radius 3 is 2.31 bits per heavy atom. The second-order valence-electron chi connectivity index (χ2n) is 4.22. The van der Waals surface area contributed by atoms with E-state index in [1.807, 2.05) is 0 Å². The van der Waals surface area contributed by atoms with E-state index in [1.54, 1.807) is 0 Å². The van der Waals surface area contributed by atoms with Crippen molar-refractivity contribution in [2.45, 2.75) is 39.5 Å². The molecule has 0 fully saturated rings. The van der Waals surface area contributed by atoms with Gasteiger partial charge >= 0.3 is 0 Å². The van der Waals surface area contributed by atoms with Crippen LogP contribution in [0.15, 0.2) is 12.1 Å². The van der Waals surface area contributed by atoms with Crippen molar-refractivity contribution in [3.8, 4) is 0 Å². The third kappa shape index (κ3) is 3.11. The quantitative estimate of drug-likeness (QED) is 0.728. The van der Waals surface area contributed by atoms with E-state index in [0.29, 0.717) is 11.8 Å². The Labute approximate surface area is 104 Å². The number of aromatic nitrogens is 1. The summed E-state index contributed by atoms with van der Waals surface area (Å²) in [4.78, 5) is 6.94. The van der Waals surface area contributed by atoms with Crippen LogP contribution in [0.5, 0.6) is 0 Å². The van der Waals surface area contributed by atoms with Crippen molar-refractivity contribution < 1.29 is 0 Å². The second kappa shape index (κ2) is 6.09. The second-order valence-corrected chi connectivity index (χ2v) is 4.49. The van der Waals surface area contributed by atoms with Crippen LogP contribution in [0, 0.1) is 0 Å². The van der Waals surface area contributed by atoms with Gasteiger partial charge in [-0.05, 0) is 37.5 Å². The average Bonchev–Trinajstić information content (AvgIpc) is 2.30. The zero-order chi connectivity index (χ0) is 12.1. The first-order valence-corrected chi connectivity index (χ1v) is 6.47. The van der Waals surface area contributed by atoms with Crippen LogP contribution in [0.2, 0.25) is 0 Å². The van der Waals surface area contributed by atoms with Crippen molar-refractivity contribution in [3.05, 3.63) is 23.4 Å². The number of hydrogen-bond acceptors (Lipinski definition) is 2. The van der Waals surface area contributed by atoms with E-state index >= 15 is 0 Å². The SMILES string of the molecule is CCN(CC)c1cc(CCl)cc(C(C)C)n1. The van der Waals surface area contributed by atoms with Gasteiger partial charge in [0.25, 0.3) is 0 Å². The average molecular weight is 241 g/mol. The first-order chi connectivity index (χ1) is 7.62. The summed E-state index contributed by atoms with van der Waals surface area (Å²) in [7, 11) is 0. The summed E-state index contributed by atoms with van der Waals surface area (Å²) in [6.45, 7) is 10.6. The van der Waals surface area contributed by atoms with Crippen LogP contribution in [0.25, 0.3) is 0 Å². The van der Waals surface area contributed by atoms with Crippen molar-refractivity contribution in [2.75, 3.05) is 18.0 Å². The summed E-state index contributed by atoms with van der Waals surface area (Å²) >= 11 is 5.92. The molecule has 16 heavy (non-hydrogen) atoms. The Balaban J connectivity index is 3.12. The van der Waals surface area contributed by atoms with Gasteiger partial charge in [-0.25, -0.2) is 4.98 Å². The van der Waals surface area contributed by atoms with Crippen molar-refractivity contribution in [1.82, 2.24) is 4.98 Å². The van der Waals surface area contributed by atoms with Gasteiger partial charge in [-0.15, -0.1) is 11.6 Å². The Morgan fingerprint density at radius 1 is 1.25 bits per heavy atom. The molecule has 1 aromatic heterocycles. The number of hydrogen-bond donors (Lipinski definition) is 0. The molecule has 2 nitrogen and oxygen atoms in total. The predicted molar refractivity (Wildman–Crippen MR) is 71.4 cm³/mol. The Kier molecular flexibility index (Phi) is 5.07. The summed E-state index contributed by atoms with van der Waals surface area (Å²) in [5.41, 5.74) is 2.28. The Hall–Kier alpha value is -0.760. The molecule has 0 aromatic carbocycles. The first-order valence-electron chi connectivity index (χ1n) is 5.94. The highest BCUT2D eigenvalue weighted by Crippen LogP contribution is 2.21. The number of nitrogens with zero attached hydrogens (tertiary/aromatic N) is 2. The Bertz CT molecular complexity index is 333. The van der Waals surface area contributed by atoms with Gasteiger partial charge in [0.15, 0.2) is 0 Å². The number of rotatable bonds is 5. The zero-order valence-corrected chi connectivity index (χ0v) is 11.4. The van der Waals surface area contributed by atoms with Crippen LogP contribution in [0.1, 0.15) is 44.9 Å². The van der Waals surface area contributed by atoms with Gasteiger partial charge in [0.05, 0.1) is 0 Å². The van der Waals surface area contributed by atoms with E-state index in [4.69, 9.17) is 16.6 Å². The van der Waals surface area contributed by atoms with Crippen LogP contribution in [-0.2, 0) is 5.88 Å². The molecule has 0 saturated heterocycles. The topological polar surface area (TPSA) is 16.1 Å². The molecule has 0 amide bonds. The molecule has 0 aliphatic heterocycles. The van der Waals surface area contributed by atoms with Gasteiger partial charge in [0, 0.05) is 24.7 Å². The summed E-state index contributed by atoms with van der Waals surface area (Å²) < 4.78 is 0. The largest absolute Gasteiger partial charge is 0.357 e. The molecule has 90 valence electrons. The summed E-state index contributed by atoms with van der Waals surface area (Å²) in [6, 6.07) is 4.19. The summed E-state index contributed by atoms with van der Waals surface area (Å²) in [5, 5.41) is 0. The lowest BCUT2D eigenvalue weighted by Gasteiger charge is -2.21. The molecule has 0 aliphatic rings. The number of pyridine rings is 1. The molecule has 0 aliphatic carbocycles. The minimum Gasteiger partial charge on any atom is -0.357 e. The lowest BCUT2D eigenvalue weighted by Crippen LogP contribution is -2.23. The fourth-order valence-electron chi connectivity index (χ4n) is 1.68. The van der Waals surface area contributed by atoms with Gasteiger partial charge in [-0.2, -0.15) is 0 Å². The summed E-state index contributed by atoms with van der Waals surface area (Å²) in [5.74, 6) is 2.04. The maximum atomic E-state index is 5.92. The molecule has 3 heteroatoms. The fraction of sp³-hybridized carbons (Fsp3) is 0.615. The minimum absolute atomic E-state index is 0.442. The van der Waals surface area contributed by atoms with E-state index in [0.717, 1.165) is 30.2 Å². The highest BCUT2D eigenvalue weighted by molar-refractivity contribution is 6.17. The molecule has 0 saturated carbocycles. The fourth-order valence-corrected chi connectivity index (χ4v) is 1.83. The monoisotopic (exact) mass is 240 g/mol. The van der Waals surface area contributed by atoms with Gasteiger partial charge in [0.2, 0.25) is 0 Å². The van der Waals surface area contributed by atoms with Crippen LogP contribution >= 0.6 is 11.6 Å². The van der Waals surface area contributed by atoms with Crippen LogP contribution < -0.4 is 4.90 Å². The molecule has 0 radical (unpaired) electrons. The molecule has 0 unspecified atom stereocenters. The highest BCUT2D eigenvalue weighted by atomic mass is 35.5. The molecule has 1 aromatic rings. The number of anilines is 1. The van der Waals surface area contributed by atoms with E-state index in [-0.39, 0.29) is 0 Å². The van der Waals surface area contributed by atoms with Crippen molar-refractivity contribution in [1.29, 1.82) is 0 Å². The predicted octanol–water partition coefficient (Wildman–Crippen LogP) is 3.79. The lowest BCUT2D eigenvalue weighted by atomic mass is 10.1. The van der Waals surface area contributed by atoms with E-state index in [2.05, 4.69) is 44.7 Å². The van der Waals surface area contributed by atoms with Crippen molar-refractivity contribution >= 4 is 17.4 Å². The molecular weight excluding hydrogens is 220 g/mol. The van der Waals surface area contributed by atoms with Crippen LogP contribution in [0.4, 0.5) is 5.82 Å². The molecule has 0 atom stereocenters. The number of halogens is 1. The molecule has 0 N–H and O–H groups in total. The zero-order valence-electron chi connectivity index (χ0n) is 10.6.